The van der Waals surface area contributed by atoms with E-state index in [0.717, 1.165) is 22.8 Å². The van der Waals surface area contributed by atoms with Crippen molar-refractivity contribution in [2.24, 2.45) is 0 Å². The summed E-state index contributed by atoms with van der Waals surface area (Å²) < 4.78 is 0. The maximum Gasteiger partial charge on any atom is 0.189 e. The summed E-state index contributed by atoms with van der Waals surface area (Å²) in [6.07, 6.45) is 1.78. The van der Waals surface area contributed by atoms with E-state index in [9.17, 15) is 4.79 Å². The van der Waals surface area contributed by atoms with E-state index < -0.39 is 0 Å². The molecule has 2 heterocycles. The summed E-state index contributed by atoms with van der Waals surface area (Å²) in [5.41, 5.74) is 3.18. The molecule has 0 unspecified atom stereocenters. The Morgan fingerprint density at radius 1 is 1.10 bits per heavy atom. The number of aromatic nitrogens is 3. The van der Waals surface area contributed by atoms with Gasteiger partial charge >= 0.3 is 0 Å². The Kier molecular flexibility index (Phi) is 3.92. The van der Waals surface area contributed by atoms with E-state index in [1.807, 2.05) is 30.3 Å². The first-order valence-corrected chi connectivity index (χ1v) is 7.52. The van der Waals surface area contributed by atoms with Gasteiger partial charge in [-0.05, 0) is 31.2 Å². The van der Waals surface area contributed by atoms with E-state index in [0.29, 0.717) is 10.7 Å². The van der Waals surface area contributed by atoms with Gasteiger partial charge in [0.25, 0.3) is 0 Å². The number of thioether (sulfide) groups is 1. The molecule has 1 aromatic heterocycles. The predicted octanol–water partition coefficient (Wildman–Crippen LogP) is 3.47. The van der Waals surface area contributed by atoms with Gasteiger partial charge in [0.15, 0.2) is 10.9 Å². The maximum absolute atomic E-state index is 11.5. The second-order valence-electron chi connectivity index (χ2n) is 4.57. The van der Waals surface area contributed by atoms with Gasteiger partial charge in [-0.25, -0.2) is 9.97 Å². The summed E-state index contributed by atoms with van der Waals surface area (Å²) >= 11 is 1.54. The number of hydrogen-bond acceptors (Lipinski definition) is 5. The fraction of sp³-hybridized carbons (Fsp3) is 0.125. The minimum Gasteiger partial charge on any atom is -0.295 e. The zero-order valence-corrected chi connectivity index (χ0v) is 12.3. The Labute approximate surface area is 127 Å². The Morgan fingerprint density at radius 2 is 1.95 bits per heavy atom. The Hall–Kier alpha value is -2.27. The largest absolute Gasteiger partial charge is 0.295 e. The average Bonchev–Trinajstić information content (AvgIpc) is 2.76. The quantitative estimate of drug-likeness (QED) is 0.545. The van der Waals surface area contributed by atoms with Crippen LogP contribution in [0.5, 0.6) is 0 Å². The highest BCUT2D eigenvalue weighted by Crippen LogP contribution is 2.26. The van der Waals surface area contributed by atoms with Crippen molar-refractivity contribution in [2.45, 2.75) is 17.8 Å². The smallest absolute Gasteiger partial charge is 0.189 e. The molecule has 0 bridgehead atoms. The van der Waals surface area contributed by atoms with Crippen LogP contribution in [0.15, 0.2) is 53.8 Å². The number of imidazole rings is 1. The fourth-order valence-electron chi connectivity index (χ4n) is 1.92. The van der Waals surface area contributed by atoms with E-state index >= 15 is 0 Å². The van der Waals surface area contributed by atoms with Crippen molar-refractivity contribution >= 4 is 17.5 Å². The van der Waals surface area contributed by atoms with Crippen molar-refractivity contribution in [3.05, 3.63) is 59.9 Å². The van der Waals surface area contributed by atoms with Crippen molar-refractivity contribution in [1.29, 1.82) is 0 Å². The maximum atomic E-state index is 11.5. The molecule has 1 aromatic rings. The highest BCUT2D eigenvalue weighted by molar-refractivity contribution is 7.98. The van der Waals surface area contributed by atoms with Gasteiger partial charge in [-0.1, -0.05) is 30.0 Å². The van der Waals surface area contributed by atoms with Gasteiger partial charge in [-0.15, -0.1) is 0 Å². The van der Waals surface area contributed by atoms with Crippen molar-refractivity contribution < 1.29 is 4.79 Å². The van der Waals surface area contributed by atoms with Crippen LogP contribution in [0, 0.1) is 0 Å². The van der Waals surface area contributed by atoms with Crippen molar-refractivity contribution in [2.75, 3.05) is 0 Å². The molecule has 5 heteroatoms. The first kappa shape index (κ1) is 13.7. The van der Waals surface area contributed by atoms with Gasteiger partial charge in [0, 0.05) is 17.5 Å². The summed E-state index contributed by atoms with van der Waals surface area (Å²) in [5, 5.41) is 0.705. The van der Waals surface area contributed by atoms with Crippen LogP contribution in [0.3, 0.4) is 0 Å². The van der Waals surface area contributed by atoms with Gasteiger partial charge in [-0.3, -0.25) is 9.78 Å². The molecule has 0 N–H and O–H groups in total. The molecule has 0 fully saturated rings. The van der Waals surface area contributed by atoms with E-state index in [2.05, 4.69) is 15.0 Å². The molecule has 2 aliphatic rings. The lowest BCUT2D eigenvalue weighted by Gasteiger charge is -1.95. The van der Waals surface area contributed by atoms with E-state index in [1.165, 1.54) is 0 Å². The average molecular weight is 295 g/mol. The fourth-order valence-corrected chi connectivity index (χ4v) is 2.69. The van der Waals surface area contributed by atoms with E-state index in [-0.39, 0.29) is 5.78 Å². The van der Waals surface area contributed by atoms with Crippen LogP contribution in [0.4, 0.5) is 0 Å². The second-order valence-corrected chi connectivity index (χ2v) is 5.51. The SMILES string of the molecule is CC(=O)c1cccc2nc(SCc3ccccn3)nc-2c1. The summed E-state index contributed by atoms with van der Waals surface area (Å²) in [4.78, 5) is 24.7. The normalized spacial score (nSPS) is 10.7. The van der Waals surface area contributed by atoms with Gasteiger partial charge < -0.3 is 0 Å². The molecule has 21 heavy (non-hydrogen) atoms. The number of hydrogen-bond donors (Lipinski definition) is 0. The standard InChI is InChI=1S/C16H13N3OS/c1-11(20)12-5-4-7-14-15(9-12)19-16(18-14)21-10-13-6-2-3-8-17-13/h2-9H,10H2,1H3. The lowest BCUT2D eigenvalue weighted by Crippen LogP contribution is -1.88. The minimum atomic E-state index is 0.0261. The third-order valence-electron chi connectivity index (χ3n) is 3.00. The lowest BCUT2D eigenvalue weighted by molar-refractivity contribution is 0.101. The Balaban J connectivity index is 1.84. The molecule has 0 amide bonds. The van der Waals surface area contributed by atoms with Crippen LogP contribution in [-0.2, 0) is 5.75 Å². The number of carbonyl (C=O) groups excluding carboxylic acids is 1. The van der Waals surface area contributed by atoms with E-state index in [1.54, 1.807) is 37.0 Å². The van der Waals surface area contributed by atoms with Crippen molar-refractivity contribution in [1.82, 2.24) is 15.0 Å². The molecular weight excluding hydrogens is 282 g/mol. The topological polar surface area (TPSA) is 55.7 Å². The van der Waals surface area contributed by atoms with Gasteiger partial charge in [0.1, 0.15) is 0 Å². The van der Waals surface area contributed by atoms with Gasteiger partial charge in [0.05, 0.1) is 17.1 Å². The number of fused-ring (bicyclic) bond motifs is 1. The lowest BCUT2D eigenvalue weighted by atomic mass is 10.2. The Bertz CT molecular complexity index is 746. The molecule has 104 valence electrons. The second kappa shape index (κ2) is 6.01. The molecule has 0 saturated heterocycles. The minimum absolute atomic E-state index is 0.0261. The van der Waals surface area contributed by atoms with Crippen LogP contribution in [-0.4, -0.2) is 20.7 Å². The summed E-state index contributed by atoms with van der Waals surface area (Å²) in [6, 6.07) is 13.1. The molecule has 0 atom stereocenters. The van der Waals surface area contributed by atoms with Crippen LogP contribution in [0.1, 0.15) is 23.0 Å². The number of rotatable bonds is 4. The Morgan fingerprint density at radius 3 is 2.71 bits per heavy atom. The molecule has 1 aliphatic heterocycles. The van der Waals surface area contributed by atoms with Gasteiger partial charge in [0.2, 0.25) is 0 Å². The van der Waals surface area contributed by atoms with Crippen LogP contribution >= 0.6 is 11.8 Å². The number of carbonyl (C=O) groups is 1. The molecular formula is C16H13N3OS. The zero-order chi connectivity index (χ0) is 14.7. The number of Topliss-reactive ketones (excluding diaryl/α,β-unsaturated/α-hetero) is 1. The molecule has 4 nitrogen and oxygen atoms in total. The third-order valence-corrected chi connectivity index (χ3v) is 3.88. The summed E-state index contributed by atoms with van der Waals surface area (Å²) in [5.74, 6) is 0.751. The zero-order valence-electron chi connectivity index (χ0n) is 11.5. The highest BCUT2D eigenvalue weighted by atomic mass is 32.2. The molecule has 1 aliphatic carbocycles. The van der Waals surface area contributed by atoms with Crippen molar-refractivity contribution in [3.63, 3.8) is 0 Å². The summed E-state index contributed by atoms with van der Waals surface area (Å²) in [7, 11) is 0. The van der Waals surface area contributed by atoms with Crippen molar-refractivity contribution in [3.8, 4) is 11.4 Å². The number of nitrogens with zero attached hydrogens (tertiary/aromatic N) is 3. The van der Waals surface area contributed by atoms with Gasteiger partial charge in [-0.2, -0.15) is 0 Å². The summed E-state index contributed by atoms with van der Waals surface area (Å²) in [6.45, 7) is 1.55. The monoisotopic (exact) mass is 295 g/mol. The molecule has 0 saturated carbocycles. The van der Waals surface area contributed by atoms with Crippen LogP contribution < -0.4 is 0 Å². The van der Waals surface area contributed by atoms with E-state index in [4.69, 9.17) is 0 Å². The van der Waals surface area contributed by atoms with Crippen LogP contribution in [0.2, 0.25) is 0 Å². The highest BCUT2D eigenvalue weighted by Gasteiger charge is 2.11. The number of pyridine rings is 1. The first-order valence-electron chi connectivity index (χ1n) is 6.54. The predicted molar refractivity (Wildman–Crippen MR) is 82.5 cm³/mol. The molecule has 0 radical (unpaired) electrons. The number of ketones is 1. The first-order chi connectivity index (χ1) is 10.2. The molecule has 0 spiro atoms. The molecule has 0 aromatic carbocycles. The van der Waals surface area contributed by atoms with Crippen LogP contribution in [0.25, 0.3) is 11.4 Å². The third kappa shape index (κ3) is 3.25. The molecule has 3 rings (SSSR count).